The molecule has 0 radical (unpaired) electrons. The molecule has 98 valence electrons. The highest BCUT2D eigenvalue weighted by molar-refractivity contribution is 5.86. The SMILES string of the molecule is CC(C)C(N)CC(=O)C1CCCc2cccnc21. The monoisotopic (exact) mass is 246 g/mol. The summed E-state index contributed by atoms with van der Waals surface area (Å²) in [6, 6.07) is 4.00. The molecule has 0 spiro atoms. The molecule has 2 rings (SSSR count). The van der Waals surface area contributed by atoms with Gasteiger partial charge in [0.1, 0.15) is 5.78 Å². The van der Waals surface area contributed by atoms with Crippen LogP contribution in [0, 0.1) is 5.92 Å². The molecule has 2 N–H and O–H groups in total. The topological polar surface area (TPSA) is 56.0 Å². The van der Waals surface area contributed by atoms with Gasteiger partial charge in [-0.05, 0) is 36.8 Å². The molecule has 1 aliphatic carbocycles. The average Bonchev–Trinajstić information content (AvgIpc) is 2.37. The first-order valence-electron chi connectivity index (χ1n) is 6.81. The summed E-state index contributed by atoms with van der Waals surface area (Å²) in [7, 11) is 0. The highest BCUT2D eigenvalue weighted by Gasteiger charge is 2.28. The van der Waals surface area contributed by atoms with Crippen LogP contribution in [0.25, 0.3) is 0 Å². The average molecular weight is 246 g/mol. The molecule has 18 heavy (non-hydrogen) atoms. The lowest BCUT2D eigenvalue weighted by Crippen LogP contribution is -2.32. The van der Waals surface area contributed by atoms with Gasteiger partial charge in [-0.2, -0.15) is 0 Å². The fourth-order valence-corrected chi connectivity index (χ4v) is 2.53. The van der Waals surface area contributed by atoms with Crippen molar-refractivity contribution >= 4 is 5.78 Å². The number of aryl methyl sites for hydroxylation is 1. The van der Waals surface area contributed by atoms with Crippen molar-refractivity contribution in [3.05, 3.63) is 29.6 Å². The Bertz CT molecular complexity index is 428. The van der Waals surface area contributed by atoms with Gasteiger partial charge in [0, 0.05) is 18.7 Å². The summed E-state index contributed by atoms with van der Waals surface area (Å²) < 4.78 is 0. The van der Waals surface area contributed by atoms with Crippen LogP contribution in [0.4, 0.5) is 0 Å². The van der Waals surface area contributed by atoms with Crippen molar-refractivity contribution in [2.45, 2.75) is 51.5 Å². The number of carbonyl (C=O) groups is 1. The molecule has 0 aliphatic heterocycles. The Balaban J connectivity index is 2.13. The minimum atomic E-state index is -0.0356. The molecule has 1 aromatic heterocycles. The Morgan fingerprint density at radius 3 is 3.06 bits per heavy atom. The predicted molar refractivity (Wildman–Crippen MR) is 72.4 cm³/mol. The van der Waals surface area contributed by atoms with Gasteiger partial charge in [0.05, 0.1) is 11.6 Å². The van der Waals surface area contributed by atoms with Crippen LogP contribution in [-0.2, 0) is 11.2 Å². The molecular weight excluding hydrogens is 224 g/mol. The number of ketones is 1. The summed E-state index contributed by atoms with van der Waals surface area (Å²) in [5.74, 6) is 0.580. The summed E-state index contributed by atoms with van der Waals surface area (Å²) in [6.07, 6.45) is 5.30. The van der Waals surface area contributed by atoms with Gasteiger partial charge in [0.15, 0.2) is 0 Å². The lowest BCUT2D eigenvalue weighted by atomic mass is 9.81. The zero-order valence-corrected chi connectivity index (χ0v) is 11.2. The second kappa shape index (κ2) is 5.61. The zero-order valence-electron chi connectivity index (χ0n) is 11.2. The highest BCUT2D eigenvalue weighted by atomic mass is 16.1. The normalized spacial score (nSPS) is 20.6. The van der Waals surface area contributed by atoms with Crippen molar-refractivity contribution in [3.8, 4) is 0 Å². The Hall–Kier alpha value is -1.22. The molecule has 0 saturated carbocycles. The van der Waals surface area contributed by atoms with E-state index >= 15 is 0 Å². The van der Waals surface area contributed by atoms with E-state index in [-0.39, 0.29) is 17.7 Å². The Morgan fingerprint density at radius 2 is 2.33 bits per heavy atom. The van der Waals surface area contributed by atoms with Gasteiger partial charge < -0.3 is 5.73 Å². The van der Waals surface area contributed by atoms with Crippen LogP contribution in [-0.4, -0.2) is 16.8 Å². The lowest BCUT2D eigenvalue weighted by molar-refractivity contribution is -0.121. The van der Waals surface area contributed by atoms with E-state index in [2.05, 4.69) is 24.9 Å². The molecule has 3 heteroatoms. The maximum absolute atomic E-state index is 12.4. The van der Waals surface area contributed by atoms with Crippen LogP contribution in [0.2, 0.25) is 0 Å². The first kappa shape index (κ1) is 13.2. The second-order valence-electron chi connectivity index (χ2n) is 5.57. The third-order valence-corrected chi connectivity index (χ3v) is 3.88. The van der Waals surface area contributed by atoms with Gasteiger partial charge in [-0.3, -0.25) is 9.78 Å². The molecular formula is C15H22N2O. The Labute approximate surface area is 109 Å². The van der Waals surface area contributed by atoms with Crippen LogP contribution in [0.5, 0.6) is 0 Å². The molecule has 1 aliphatic rings. The summed E-state index contributed by atoms with van der Waals surface area (Å²) >= 11 is 0. The van der Waals surface area contributed by atoms with Gasteiger partial charge in [0.2, 0.25) is 0 Å². The summed E-state index contributed by atoms with van der Waals surface area (Å²) in [5.41, 5.74) is 8.23. The number of carbonyl (C=O) groups excluding carboxylic acids is 1. The molecule has 0 amide bonds. The zero-order chi connectivity index (χ0) is 13.1. The van der Waals surface area contributed by atoms with Gasteiger partial charge in [0.25, 0.3) is 0 Å². The third kappa shape index (κ3) is 2.78. The minimum Gasteiger partial charge on any atom is -0.327 e. The van der Waals surface area contributed by atoms with Gasteiger partial charge in [-0.1, -0.05) is 19.9 Å². The predicted octanol–water partition coefficient (Wildman–Crippen LogP) is 2.44. The van der Waals surface area contributed by atoms with Crippen molar-refractivity contribution < 1.29 is 4.79 Å². The Kier molecular flexibility index (Phi) is 4.12. The Morgan fingerprint density at radius 1 is 1.56 bits per heavy atom. The number of hydrogen-bond donors (Lipinski definition) is 1. The van der Waals surface area contributed by atoms with E-state index in [9.17, 15) is 4.79 Å². The molecule has 1 heterocycles. The van der Waals surface area contributed by atoms with Crippen LogP contribution >= 0.6 is 0 Å². The number of aromatic nitrogens is 1. The third-order valence-electron chi connectivity index (χ3n) is 3.88. The first-order chi connectivity index (χ1) is 8.59. The van der Waals surface area contributed by atoms with Crippen molar-refractivity contribution in [2.75, 3.05) is 0 Å². The van der Waals surface area contributed by atoms with Crippen molar-refractivity contribution in [3.63, 3.8) is 0 Å². The number of hydrogen-bond acceptors (Lipinski definition) is 3. The number of Topliss-reactive ketones (excluding diaryl/α,β-unsaturated/α-hetero) is 1. The fraction of sp³-hybridized carbons (Fsp3) is 0.600. The summed E-state index contributed by atoms with van der Waals surface area (Å²) in [4.78, 5) is 16.8. The molecule has 0 fully saturated rings. The van der Waals surface area contributed by atoms with Crippen LogP contribution < -0.4 is 5.73 Å². The van der Waals surface area contributed by atoms with Crippen molar-refractivity contribution in [1.82, 2.24) is 4.98 Å². The van der Waals surface area contributed by atoms with E-state index in [0.717, 1.165) is 25.0 Å². The minimum absolute atomic E-state index is 0.0280. The number of rotatable bonds is 4. The molecule has 2 atom stereocenters. The standard InChI is InChI=1S/C15H22N2O/c1-10(2)13(16)9-14(18)12-7-3-5-11-6-4-8-17-15(11)12/h4,6,8,10,12-13H,3,5,7,9,16H2,1-2H3. The highest BCUT2D eigenvalue weighted by Crippen LogP contribution is 2.31. The maximum atomic E-state index is 12.4. The van der Waals surface area contributed by atoms with Crippen molar-refractivity contribution in [2.24, 2.45) is 11.7 Å². The second-order valence-corrected chi connectivity index (χ2v) is 5.57. The lowest BCUT2D eigenvalue weighted by Gasteiger charge is -2.25. The van der Waals surface area contributed by atoms with E-state index in [1.165, 1.54) is 5.56 Å². The number of nitrogens with two attached hydrogens (primary N) is 1. The maximum Gasteiger partial charge on any atom is 0.143 e. The van der Waals surface area contributed by atoms with Crippen molar-refractivity contribution in [1.29, 1.82) is 0 Å². The van der Waals surface area contributed by atoms with E-state index in [1.54, 1.807) is 6.20 Å². The molecule has 0 bridgehead atoms. The number of nitrogens with zero attached hydrogens (tertiary/aromatic N) is 1. The van der Waals surface area contributed by atoms with Crippen LogP contribution in [0.3, 0.4) is 0 Å². The summed E-state index contributed by atoms with van der Waals surface area (Å²) in [5, 5.41) is 0. The molecule has 0 aromatic carbocycles. The number of pyridine rings is 1. The van der Waals surface area contributed by atoms with E-state index in [4.69, 9.17) is 5.73 Å². The van der Waals surface area contributed by atoms with Crippen LogP contribution in [0.15, 0.2) is 18.3 Å². The largest absolute Gasteiger partial charge is 0.327 e. The molecule has 3 nitrogen and oxygen atoms in total. The quantitative estimate of drug-likeness (QED) is 0.887. The van der Waals surface area contributed by atoms with E-state index in [1.807, 2.05) is 6.07 Å². The number of fused-ring (bicyclic) bond motifs is 1. The summed E-state index contributed by atoms with van der Waals surface area (Å²) in [6.45, 7) is 4.12. The molecule has 0 saturated heterocycles. The van der Waals surface area contributed by atoms with Crippen LogP contribution in [0.1, 0.15) is 50.3 Å². The smallest absolute Gasteiger partial charge is 0.143 e. The van der Waals surface area contributed by atoms with Gasteiger partial charge in [-0.15, -0.1) is 0 Å². The van der Waals surface area contributed by atoms with E-state index < -0.39 is 0 Å². The molecule has 1 aromatic rings. The van der Waals surface area contributed by atoms with E-state index in [0.29, 0.717) is 12.3 Å². The first-order valence-corrected chi connectivity index (χ1v) is 6.81. The van der Waals surface area contributed by atoms with Gasteiger partial charge >= 0.3 is 0 Å². The molecule has 2 unspecified atom stereocenters. The fourth-order valence-electron chi connectivity index (χ4n) is 2.53. The van der Waals surface area contributed by atoms with Gasteiger partial charge in [-0.25, -0.2) is 0 Å².